The second-order valence-electron chi connectivity index (χ2n) is 12.9. The summed E-state index contributed by atoms with van der Waals surface area (Å²) in [5.41, 5.74) is 4.80. The molecule has 0 aliphatic carbocycles. The molecule has 0 unspecified atom stereocenters. The summed E-state index contributed by atoms with van der Waals surface area (Å²) in [7, 11) is -4.78. The van der Waals surface area contributed by atoms with E-state index in [0.717, 1.165) is 17.2 Å². The Morgan fingerprint density at radius 3 is 2.06 bits per heavy atom. The van der Waals surface area contributed by atoms with E-state index in [9.17, 15) is 14.0 Å². The molecule has 0 spiro atoms. The zero-order valence-electron chi connectivity index (χ0n) is 23.9. The Kier molecular flexibility index (Phi) is 9.21. The highest BCUT2D eigenvalue weighted by molar-refractivity contribution is 6.74. The molecule has 0 saturated carbocycles. The van der Waals surface area contributed by atoms with Gasteiger partial charge in [-0.05, 0) is 42.7 Å². The van der Waals surface area contributed by atoms with E-state index in [1.807, 2.05) is 6.92 Å². The maximum absolute atomic E-state index is 14.5. The highest BCUT2D eigenvalue weighted by atomic mass is 28.4. The summed E-state index contributed by atoms with van der Waals surface area (Å²) >= 11 is 0. The molecule has 8 nitrogen and oxygen atoms in total. The highest BCUT2D eigenvalue weighted by Crippen LogP contribution is 2.46. The summed E-state index contributed by atoms with van der Waals surface area (Å²) in [6.45, 7) is 23.2. The smallest absolute Gasteiger partial charge is 0.351 e. The first-order chi connectivity index (χ1) is 16.2. The van der Waals surface area contributed by atoms with Gasteiger partial charge in [0.15, 0.2) is 34.5 Å². The monoisotopic (exact) mass is 543 g/mol. The van der Waals surface area contributed by atoms with Crippen molar-refractivity contribution in [1.29, 1.82) is 0 Å². The number of nitrogen functional groups attached to an aromatic ring is 1. The van der Waals surface area contributed by atoms with Crippen LogP contribution in [0.15, 0.2) is 11.0 Å². The van der Waals surface area contributed by atoms with Crippen LogP contribution in [0, 0.1) is 5.82 Å². The number of Topliss-reactive ketones (excluding diaryl/α,β-unsaturated/α-hetero) is 1. The van der Waals surface area contributed by atoms with Gasteiger partial charge in [0.2, 0.25) is 0 Å². The van der Waals surface area contributed by atoms with Gasteiger partial charge < -0.3 is 19.3 Å². The van der Waals surface area contributed by atoms with E-state index in [0.29, 0.717) is 6.42 Å². The largest absolute Gasteiger partial charge is 0.408 e. The lowest BCUT2D eigenvalue weighted by Crippen LogP contribution is -2.54. The van der Waals surface area contributed by atoms with Crippen molar-refractivity contribution >= 4 is 28.2 Å². The van der Waals surface area contributed by atoms with Gasteiger partial charge >= 0.3 is 5.69 Å². The lowest BCUT2D eigenvalue weighted by molar-refractivity contribution is -0.123. The number of anilines is 1. The molecule has 1 fully saturated rings. The Hall–Kier alpha value is -1.41. The number of aromatic nitrogens is 2. The molecular formula is C25H46FN3O5Si2. The van der Waals surface area contributed by atoms with E-state index in [1.165, 1.54) is 0 Å². The molecule has 1 aliphatic heterocycles. The van der Waals surface area contributed by atoms with Crippen LogP contribution in [-0.4, -0.2) is 50.3 Å². The van der Waals surface area contributed by atoms with Gasteiger partial charge in [-0.25, -0.2) is 9.18 Å². The van der Waals surface area contributed by atoms with Crippen LogP contribution in [0.1, 0.15) is 74.0 Å². The summed E-state index contributed by atoms with van der Waals surface area (Å²) in [6, 6.07) is 0. The van der Waals surface area contributed by atoms with E-state index in [-0.39, 0.29) is 22.3 Å². The third kappa shape index (κ3) is 6.72. The molecule has 2 N–H and O–H groups in total. The average molecular weight is 544 g/mol. The Bertz CT molecular complexity index is 1000. The molecular weight excluding hydrogens is 497 g/mol. The second-order valence-corrected chi connectivity index (χ2v) is 22.4. The fourth-order valence-corrected chi connectivity index (χ4v) is 6.25. The minimum atomic E-state index is -2.42. The lowest BCUT2D eigenvalue weighted by Gasteiger charge is -2.44. The first kappa shape index (κ1) is 30.8. The summed E-state index contributed by atoms with van der Waals surface area (Å²) in [6.07, 6.45) is -0.728. The maximum atomic E-state index is 14.5. The van der Waals surface area contributed by atoms with Crippen molar-refractivity contribution in [3.8, 4) is 0 Å². The molecule has 1 aromatic heterocycles. The number of carbonyl (C=O) groups is 1. The quantitative estimate of drug-likeness (QED) is 0.416. The fourth-order valence-electron chi connectivity index (χ4n) is 3.64. The van der Waals surface area contributed by atoms with Crippen molar-refractivity contribution < 1.29 is 22.8 Å². The number of carbonyl (C=O) groups excluding carboxylic acids is 1. The number of ketones is 1. The van der Waals surface area contributed by atoms with Crippen molar-refractivity contribution in [3.05, 3.63) is 22.5 Å². The zero-order valence-corrected chi connectivity index (χ0v) is 25.9. The molecule has 1 aromatic rings. The number of nitrogens with zero attached hydrogens (tertiary/aromatic N) is 2. The van der Waals surface area contributed by atoms with Gasteiger partial charge in [0.25, 0.3) is 0 Å². The first-order valence-corrected chi connectivity index (χ1v) is 18.6. The van der Waals surface area contributed by atoms with Crippen molar-refractivity contribution in [2.24, 2.45) is 0 Å². The predicted octanol–water partition coefficient (Wildman–Crippen LogP) is 5.40. The Morgan fingerprint density at radius 2 is 1.58 bits per heavy atom. The number of rotatable bonds is 9. The van der Waals surface area contributed by atoms with Crippen LogP contribution in [0.25, 0.3) is 0 Å². The zero-order chi connectivity index (χ0) is 27.9. The van der Waals surface area contributed by atoms with Crippen LogP contribution >= 0.6 is 0 Å². The normalized spacial score (nSPS) is 23.8. The SMILES string of the molecule is CCCC(=O)C[C@H]1O[C@@H](n2cc(F)c(N)nc2=O)[C@H](O[Si](C)(C)C(C)(C)C)[C@@H]1O[Si](C)(C)C(C)(C)C. The number of ether oxygens (including phenoxy) is 1. The number of halogens is 1. The predicted molar refractivity (Wildman–Crippen MR) is 145 cm³/mol. The van der Waals surface area contributed by atoms with E-state index in [4.69, 9.17) is 19.3 Å². The minimum Gasteiger partial charge on any atom is -0.408 e. The molecule has 2 heterocycles. The highest BCUT2D eigenvalue weighted by Gasteiger charge is 2.54. The van der Waals surface area contributed by atoms with Gasteiger partial charge in [-0.1, -0.05) is 48.5 Å². The molecule has 36 heavy (non-hydrogen) atoms. The number of hydrogen-bond donors (Lipinski definition) is 1. The van der Waals surface area contributed by atoms with Crippen LogP contribution in [0.2, 0.25) is 36.3 Å². The second kappa shape index (κ2) is 10.8. The molecule has 0 amide bonds. The Labute approximate surface area is 217 Å². The summed E-state index contributed by atoms with van der Waals surface area (Å²) in [5, 5.41) is -0.263. The maximum Gasteiger partial charge on any atom is 0.351 e. The number of hydrogen-bond acceptors (Lipinski definition) is 7. The standard InChI is InChI=1S/C25H46FN3O5Si2/c1-12-13-16(30)14-18-19(33-35(8,9)24(2,3)4)20(34-36(10,11)25(5,6)7)22(32-18)29-15-17(26)21(27)28-23(29)31/h15,18-20,22H,12-14H2,1-11H3,(H2,27,28,31)/t18-,19-,20-,22-/m1/s1. The van der Waals surface area contributed by atoms with E-state index in [2.05, 4.69) is 72.7 Å². The molecule has 1 saturated heterocycles. The Balaban J connectivity index is 2.68. The van der Waals surface area contributed by atoms with Gasteiger partial charge in [0.05, 0.1) is 12.3 Å². The van der Waals surface area contributed by atoms with Crippen molar-refractivity contribution in [3.63, 3.8) is 0 Å². The molecule has 1 aliphatic rings. The summed E-state index contributed by atoms with van der Waals surface area (Å²) < 4.78 is 35.7. The van der Waals surface area contributed by atoms with Gasteiger partial charge in [-0.3, -0.25) is 9.36 Å². The topological polar surface area (TPSA) is 106 Å². The van der Waals surface area contributed by atoms with Crippen LogP contribution in [0.5, 0.6) is 0 Å². The molecule has 2 rings (SSSR count). The molecule has 0 bridgehead atoms. The molecule has 4 atom stereocenters. The van der Waals surface area contributed by atoms with Gasteiger partial charge in [0, 0.05) is 12.8 Å². The summed E-state index contributed by atoms with van der Waals surface area (Å²) in [5.74, 6) is -1.25. The molecule has 0 aromatic carbocycles. The van der Waals surface area contributed by atoms with E-state index < -0.39 is 58.5 Å². The lowest BCUT2D eigenvalue weighted by atomic mass is 10.0. The molecule has 0 radical (unpaired) electrons. The van der Waals surface area contributed by atoms with Gasteiger partial charge in [0.1, 0.15) is 18.0 Å². The van der Waals surface area contributed by atoms with Crippen molar-refractivity contribution in [2.45, 2.75) is 129 Å². The third-order valence-electron chi connectivity index (χ3n) is 7.93. The first-order valence-electron chi connectivity index (χ1n) is 12.8. The van der Waals surface area contributed by atoms with Crippen molar-refractivity contribution in [1.82, 2.24) is 9.55 Å². The van der Waals surface area contributed by atoms with Crippen LogP contribution in [0.4, 0.5) is 10.2 Å². The number of nitrogens with two attached hydrogens (primary N) is 1. The van der Waals surface area contributed by atoms with Crippen molar-refractivity contribution in [2.75, 3.05) is 5.73 Å². The molecule has 11 heteroatoms. The van der Waals surface area contributed by atoms with Crippen LogP contribution in [-0.2, 0) is 18.4 Å². The minimum absolute atomic E-state index is 0.0482. The fraction of sp³-hybridized carbons (Fsp3) is 0.800. The van der Waals surface area contributed by atoms with Crippen LogP contribution < -0.4 is 11.4 Å². The van der Waals surface area contributed by atoms with Gasteiger partial charge in [-0.15, -0.1) is 0 Å². The third-order valence-corrected chi connectivity index (χ3v) is 16.9. The summed E-state index contributed by atoms with van der Waals surface area (Å²) in [4.78, 5) is 29.2. The van der Waals surface area contributed by atoms with E-state index >= 15 is 0 Å². The van der Waals surface area contributed by atoms with Gasteiger partial charge in [-0.2, -0.15) is 4.98 Å². The van der Waals surface area contributed by atoms with E-state index in [1.54, 1.807) is 0 Å². The average Bonchev–Trinajstić information content (AvgIpc) is 2.99. The Morgan fingerprint density at radius 1 is 1.08 bits per heavy atom. The van der Waals surface area contributed by atoms with Crippen LogP contribution in [0.3, 0.4) is 0 Å². The molecule has 206 valence electrons.